The summed E-state index contributed by atoms with van der Waals surface area (Å²) >= 11 is 0. The lowest BCUT2D eigenvalue weighted by Crippen LogP contribution is -2.08. The van der Waals surface area contributed by atoms with E-state index in [4.69, 9.17) is 4.74 Å². The molecule has 1 rings (SSSR count). The summed E-state index contributed by atoms with van der Waals surface area (Å²) in [4.78, 5) is 0. The number of aryl methyl sites for hydroxylation is 3. The normalized spacial score (nSPS) is 10.9. The second kappa shape index (κ2) is 6.68. The lowest BCUT2D eigenvalue weighted by molar-refractivity contribution is 0.266. The van der Waals surface area contributed by atoms with Crippen molar-refractivity contribution in [2.24, 2.45) is 5.92 Å². The Morgan fingerprint density at radius 3 is 1.82 bits per heavy atom. The number of ether oxygens (including phenoxy) is 1. The third-order valence-corrected chi connectivity index (χ3v) is 3.03. The van der Waals surface area contributed by atoms with Crippen LogP contribution in [0.4, 0.5) is 0 Å². The molecule has 0 unspecified atom stereocenters. The Morgan fingerprint density at radius 1 is 0.941 bits per heavy atom. The zero-order valence-corrected chi connectivity index (χ0v) is 12.0. The molecule has 0 saturated heterocycles. The van der Waals surface area contributed by atoms with Crippen LogP contribution in [0.5, 0.6) is 5.75 Å². The highest BCUT2D eigenvalue weighted by Crippen LogP contribution is 2.28. The minimum Gasteiger partial charge on any atom is -0.493 e. The van der Waals surface area contributed by atoms with Crippen molar-refractivity contribution >= 4 is 0 Å². The Bertz CT molecular complexity index is 328. The molecule has 0 saturated carbocycles. The molecular formula is C16H26O. The predicted octanol–water partition coefficient (Wildman–Crippen LogP) is 4.41. The van der Waals surface area contributed by atoms with Gasteiger partial charge in [0.25, 0.3) is 0 Å². The summed E-state index contributed by atoms with van der Waals surface area (Å²) < 4.78 is 6.01. The summed E-state index contributed by atoms with van der Waals surface area (Å²) in [5.74, 6) is 1.72. The van der Waals surface area contributed by atoms with Gasteiger partial charge < -0.3 is 4.74 Å². The maximum Gasteiger partial charge on any atom is 0.125 e. The van der Waals surface area contributed by atoms with E-state index in [0.717, 1.165) is 31.6 Å². The third kappa shape index (κ3) is 3.76. The minimum atomic E-state index is 0.579. The van der Waals surface area contributed by atoms with Gasteiger partial charge in [0, 0.05) is 0 Å². The molecule has 0 fully saturated rings. The highest BCUT2D eigenvalue weighted by Gasteiger charge is 2.10. The number of hydrogen-bond acceptors (Lipinski definition) is 1. The molecule has 96 valence electrons. The van der Waals surface area contributed by atoms with E-state index in [-0.39, 0.29) is 0 Å². The fourth-order valence-corrected chi connectivity index (χ4v) is 1.99. The molecular weight excluding hydrogens is 208 g/mol. The summed E-state index contributed by atoms with van der Waals surface area (Å²) in [6, 6.07) is 4.60. The summed E-state index contributed by atoms with van der Waals surface area (Å²) in [5, 5.41) is 0. The molecule has 0 atom stereocenters. The highest BCUT2D eigenvalue weighted by molar-refractivity contribution is 5.45. The SMILES string of the molecule is CCc1cc(CC)c(OCC(C)C)c(CC)c1. The monoisotopic (exact) mass is 234 g/mol. The summed E-state index contributed by atoms with van der Waals surface area (Å²) in [6.45, 7) is 11.8. The molecule has 1 aromatic rings. The molecule has 0 aliphatic rings. The van der Waals surface area contributed by atoms with Gasteiger partial charge in [-0.3, -0.25) is 0 Å². The zero-order chi connectivity index (χ0) is 12.8. The standard InChI is InChI=1S/C16H26O/c1-6-13-9-14(7-2)16(15(8-3)10-13)17-11-12(4)5/h9-10,12H,6-8,11H2,1-5H3. The van der Waals surface area contributed by atoms with E-state index < -0.39 is 0 Å². The van der Waals surface area contributed by atoms with Gasteiger partial charge in [-0.15, -0.1) is 0 Å². The van der Waals surface area contributed by atoms with E-state index in [1.54, 1.807) is 0 Å². The van der Waals surface area contributed by atoms with Crippen molar-refractivity contribution in [2.75, 3.05) is 6.61 Å². The van der Waals surface area contributed by atoms with Crippen molar-refractivity contribution in [3.63, 3.8) is 0 Å². The molecule has 0 heterocycles. The molecule has 0 bridgehead atoms. The summed E-state index contributed by atoms with van der Waals surface area (Å²) in [7, 11) is 0. The molecule has 1 heteroatoms. The number of benzene rings is 1. The predicted molar refractivity (Wildman–Crippen MR) is 74.9 cm³/mol. The Morgan fingerprint density at radius 2 is 1.47 bits per heavy atom. The van der Waals surface area contributed by atoms with E-state index in [1.807, 2.05) is 0 Å². The first-order valence-electron chi connectivity index (χ1n) is 6.89. The number of rotatable bonds is 6. The van der Waals surface area contributed by atoms with Crippen molar-refractivity contribution in [1.82, 2.24) is 0 Å². The maximum absolute atomic E-state index is 6.01. The van der Waals surface area contributed by atoms with Crippen molar-refractivity contribution in [2.45, 2.75) is 53.9 Å². The van der Waals surface area contributed by atoms with Gasteiger partial charge in [-0.25, -0.2) is 0 Å². The molecule has 1 aromatic carbocycles. The van der Waals surface area contributed by atoms with Gasteiger partial charge in [-0.2, -0.15) is 0 Å². The van der Waals surface area contributed by atoms with Crippen LogP contribution in [0.3, 0.4) is 0 Å². The first kappa shape index (κ1) is 14.1. The topological polar surface area (TPSA) is 9.23 Å². The van der Waals surface area contributed by atoms with Gasteiger partial charge >= 0.3 is 0 Å². The molecule has 0 aliphatic heterocycles. The Balaban J connectivity index is 3.06. The quantitative estimate of drug-likeness (QED) is 0.708. The van der Waals surface area contributed by atoms with Crippen LogP contribution in [0.15, 0.2) is 12.1 Å². The first-order chi connectivity index (χ1) is 8.12. The number of hydrogen-bond donors (Lipinski definition) is 0. The van der Waals surface area contributed by atoms with Crippen molar-refractivity contribution in [1.29, 1.82) is 0 Å². The molecule has 0 aromatic heterocycles. The lowest BCUT2D eigenvalue weighted by Gasteiger charge is -2.17. The Labute approximate surface area is 106 Å². The van der Waals surface area contributed by atoms with Crippen molar-refractivity contribution in [3.05, 3.63) is 28.8 Å². The van der Waals surface area contributed by atoms with Gasteiger partial charge in [0.2, 0.25) is 0 Å². The largest absolute Gasteiger partial charge is 0.493 e. The van der Waals surface area contributed by atoms with E-state index >= 15 is 0 Å². The molecule has 0 amide bonds. The molecule has 17 heavy (non-hydrogen) atoms. The van der Waals surface area contributed by atoms with Gasteiger partial charge in [0.05, 0.1) is 6.61 Å². The van der Waals surface area contributed by atoms with Crippen LogP contribution in [-0.4, -0.2) is 6.61 Å². The average molecular weight is 234 g/mol. The minimum absolute atomic E-state index is 0.579. The van der Waals surface area contributed by atoms with E-state index in [9.17, 15) is 0 Å². The molecule has 0 spiro atoms. The van der Waals surface area contributed by atoms with Crippen LogP contribution in [0, 0.1) is 5.92 Å². The first-order valence-corrected chi connectivity index (χ1v) is 6.89. The van der Waals surface area contributed by atoms with E-state index in [0.29, 0.717) is 5.92 Å². The Kier molecular flexibility index (Phi) is 5.54. The lowest BCUT2D eigenvalue weighted by atomic mass is 9.99. The summed E-state index contributed by atoms with van der Waals surface area (Å²) in [5.41, 5.74) is 4.15. The van der Waals surface area contributed by atoms with Crippen LogP contribution in [0.2, 0.25) is 0 Å². The van der Waals surface area contributed by atoms with Crippen LogP contribution < -0.4 is 4.74 Å². The fraction of sp³-hybridized carbons (Fsp3) is 0.625. The smallest absolute Gasteiger partial charge is 0.125 e. The van der Waals surface area contributed by atoms with Gasteiger partial charge in [-0.1, -0.05) is 46.8 Å². The van der Waals surface area contributed by atoms with Crippen molar-refractivity contribution < 1.29 is 4.74 Å². The van der Waals surface area contributed by atoms with Gasteiger partial charge in [-0.05, 0) is 41.9 Å². The van der Waals surface area contributed by atoms with E-state index in [2.05, 4.69) is 46.8 Å². The average Bonchev–Trinajstić information content (AvgIpc) is 2.34. The van der Waals surface area contributed by atoms with Crippen LogP contribution in [0.1, 0.15) is 51.3 Å². The van der Waals surface area contributed by atoms with E-state index in [1.165, 1.54) is 16.7 Å². The summed E-state index contributed by atoms with van der Waals surface area (Å²) in [6.07, 6.45) is 3.20. The second-order valence-electron chi connectivity index (χ2n) is 5.01. The molecule has 1 nitrogen and oxygen atoms in total. The van der Waals surface area contributed by atoms with Crippen molar-refractivity contribution in [3.8, 4) is 5.75 Å². The second-order valence-corrected chi connectivity index (χ2v) is 5.01. The zero-order valence-electron chi connectivity index (χ0n) is 12.0. The molecule has 0 N–H and O–H groups in total. The van der Waals surface area contributed by atoms with Crippen LogP contribution in [-0.2, 0) is 19.3 Å². The molecule has 0 radical (unpaired) electrons. The van der Waals surface area contributed by atoms with Gasteiger partial charge in [0.15, 0.2) is 0 Å². The third-order valence-electron chi connectivity index (χ3n) is 3.03. The fourth-order valence-electron chi connectivity index (χ4n) is 1.99. The Hall–Kier alpha value is -0.980. The van der Waals surface area contributed by atoms with Gasteiger partial charge in [0.1, 0.15) is 5.75 Å². The van der Waals surface area contributed by atoms with Crippen LogP contribution >= 0.6 is 0 Å². The van der Waals surface area contributed by atoms with Crippen LogP contribution in [0.25, 0.3) is 0 Å². The maximum atomic E-state index is 6.01. The highest BCUT2D eigenvalue weighted by atomic mass is 16.5. The molecule has 0 aliphatic carbocycles.